The van der Waals surface area contributed by atoms with Crippen LogP contribution in [0.3, 0.4) is 0 Å². The Kier molecular flexibility index (Phi) is 6.19. The predicted molar refractivity (Wildman–Crippen MR) is 76.0 cm³/mol. The topological polar surface area (TPSA) is 30.5 Å². The number of hydrogen-bond donors (Lipinski definition) is 1. The van der Waals surface area contributed by atoms with Crippen molar-refractivity contribution in [1.82, 2.24) is 5.32 Å². The van der Waals surface area contributed by atoms with Crippen LogP contribution in [0.1, 0.15) is 18.4 Å². The fourth-order valence-electron chi connectivity index (χ4n) is 2.26. The highest BCUT2D eigenvalue weighted by atomic mass is 79.9. The van der Waals surface area contributed by atoms with E-state index in [0.717, 1.165) is 42.6 Å². The van der Waals surface area contributed by atoms with Crippen LogP contribution >= 0.6 is 15.9 Å². The molecule has 1 aromatic carbocycles. The molecule has 0 saturated carbocycles. The van der Waals surface area contributed by atoms with Crippen LogP contribution in [0.2, 0.25) is 0 Å². The summed E-state index contributed by atoms with van der Waals surface area (Å²) in [7, 11) is 0. The molecule has 0 bridgehead atoms. The molecule has 112 valence electrons. The molecule has 1 aliphatic heterocycles. The average Bonchev–Trinajstić information content (AvgIpc) is 2.42. The van der Waals surface area contributed by atoms with Crippen LogP contribution in [0.5, 0.6) is 5.75 Å². The summed E-state index contributed by atoms with van der Waals surface area (Å²) in [6.07, 6.45) is 2.09. The summed E-state index contributed by atoms with van der Waals surface area (Å²) in [5, 5.41) is 3.31. The van der Waals surface area contributed by atoms with Gasteiger partial charge in [0.1, 0.15) is 5.75 Å². The summed E-state index contributed by atoms with van der Waals surface area (Å²) in [6, 6.07) is 5.05. The molecule has 0 aliphatic carbocycles. The summed E-state index contributed by atoms with van der Waals surface area (Å²) < 4.78 is 35.4. The Labute approximate surface area is 125 Å². The summed E-state index contributed by atoms with van der Waals surface area (Å²) in [5.74, 6) is 0.818. The van der Waals surface area contributed by atoms with Gasteiger partial charge in [-0.05, 0) is 43.5 Å². The van der Waals surface area contributed by atoms with Gasteiger partial charge in [-0.15, -0.1) is 0 Å². The van der Waals surface area contributed by atoms with Crippen molar-refractivity contribution in [3.8, 4) is 5.75 Å². The van der Waals surface area contributed by atoms with E-state index in [4.69, 9.17) is 4.74 Å². The van der Waals surface area contributed by atoms with Gasteiger partial charge in [0.25, 0.3) is 0 Å². The number of halogens is 3. The Balaban J connectivity index is 1.88. The van der Waals surface area contributed by atoms with Crippen molar-refractivity contribution in [3.63, 3.8) is 0 Å². The molecule has 0 aromatic heterocycles. The lowest BCUT2D eigenvalue weighted by molar-refractivity contribution is -0.0505. The number of nitrogens with one attached hydrogen (secondary N) is 1. The molecule has 0 atom stereocenters. The van der Waals surface area contributed by atoms with Gasteiger partial charge in [-0.2, -0.15) is 8.78 Å². The van der Waals surface area contributed by atoms with Crippen LogP contribution in [0.25, 0.3) is 0 Å². The van der Waals surface area contributed by atoms with Gasteiger partial charge in [-0.3, -0.25) is 0 Å². The normalized spacial score (nSPS) is 16.6. The third-order valence-electron chi connectivity index (χ3n) is 3.33. The molecule has 1 aliphatic rings. The quantitative estimate of drug-likeness (QED) is 0.851. The lowest BCUT2D eigenvalue weighted by atomic mass is 10.0. The number of benzene rings is 1. The third-order valence-corrected chi connectivity index (χ3v) is 3.82. The maximum absolute atomic E-state index is 12.3. The Morgan fingerprint density at radius 1 is 1.35 bits per heavy atom. The number of alkyl halides is 2. The maximum Gasteiger partial charge on any atom is 0.387 e. The molecular weight excluding hydrogens is 332 g/mol. The molecule has 0 amide bonds. The SMILES string of the molecule is FC(F)Oc1ccc(Br)cc1CNCC1CCOCC1. The lowest BCUT2D eigenvalue weighted by Crippen LogP contribution is -2.27. The van der Waals surface area contributed by atoms with E-state index in [9.17, 15) is 8.78 Å². The fraction of sp³-hybridized carbons (Fsp3) is 0.571. The number of ether oxygens (including phenoxy) is 2. The molecule has 2 rings (SSSR count). The molecular formula is C14H18BrF2NO2. The Morgan fingerprint density at radius 3 is 2.80 bits per heavy atom. The Hall–Kier alpha value is -0.720. The van der Waals surface area contributed by atoms with E-state index in [1.54, 1.807) is 18.2 Å². The highest BCUT2D eigenvalue weighted by molar-refractivity contribution is 9.10. The van der Waals surface area contributed by atoms with Crippen molar-refractivity contribution in [2.75, 3.05) is 19.8 Å². The molecule has 1 N–H and O–H groups in total. The van der Waals surface area contributed by atoms with Gasteiger partial charge in [0.05, 0.1) is 0 Å². The molecule has 0 unspecified atom stereocenters. The Morgan fingerprint density at radius 2 is 2.10 bits per heavy atom. The molecule has 1 heterocycles. The largest absolute Gasteiger partial charge is 0.434 e. The zero-order valence-corrected chi connectivity index (χ0v) is 12.7. The van der Waals surface area contributed by atoms with E-state index < -0.39 is 6.61 Å². The monoisotopic (exact) mass is 349 g/mol. The first-order valence-corrected chi connectivity index (χ1v) is 7.46. The number of rotatable bonds is 6. The van der Waals surface area contributed by atoms with Crippen molar-refractivity contribution >= 4 is 15.9 Å². The second-order valence-electron chi connectivity index (χ2n) is 4.82. The molecule has 1 saturated heterocycles. The standard InChI is InChI=1S/C14H18BrF2NO2/c15-12-1-2-13(20-14(16)17)11(7-12)9-18-8-10-3-5-19-6-4-10/h1-2,7,10,14,18H,3-6,8-9H2. The first-order valence-electron chi connectivity index (χ1n) is 6.67. The smallest absolute Gasteiger partial charge is 0.387 e. The fourth-order valence-corrected chi connectivity index (χ4v) is 2.67. The van der Waals surface area contributed by atoms with Gasteiger partial charge < -0.3 is 14.8 Å². The first-order chi connectivity index (χ1) is 9.65. The van der Waals surface area contributed by atoms with Gasteiger partial charge in [0.2, 0.25) is 0 Å². The molecule has 6 heteroatoms. The van der Waals surface area contributed by atoms with E-state index in [2.05, 4.69) is 26.0 Å². The van der Waals surface area contributed by atoms with Crippen molar-refractivity contribution in [1.29, 1.82) is 0 Å². The molecule has 20 heavy (non-hydrogen) atoms. The minimum absolute atomic E-state index is 0.225. The van der Waals surface area contributed by atoms with Crippen LogP contribution in [0.15, 0.2) is 22.7 Å². The molecule has 1 fully saturated rings. The molecule has 1 aromatic rings. The highest BCUT2D eigenvalue weighted by Crippen LogP contribution is 2.25. The van der Waals surface area contributed by atoms with Gasteiger partial charge in [0.15, 0.2) is 0 Å². The van der Waals surface area contributed by atoms with Gasteiger partial charge in [-0.25, -0.2) is 0 Å². The highest BCUT2D eigenvalue weighted by Gasteiger charge is 2.14. The second kappa shape index (κ2) is 7.90. The van der Waals surface area contributed by atoms with Crippen molar-refractivity contribution in [2.45, 2.75) is 26.0 Å². The van der Waals surface area contributed by atoms with Gasteiger partial charge in [0, 0.05) is 29.8 Å². The minimum Gasteiger partial charge on any atom is -0.434 e. The summed E-state index contributed by atoms with van der Waals surface area (Å²) in [6.45, 7) is 0.194. The van der Waals surface area contributed by atoms with E-state index >= 15 is 0 Å². The van der Waals surface area contributed by atoms with Crippen LogP contribution < -0.4 is 10.1 Å². The van der Waals surface area contributed by atoms with E-state index in [-0.39, 0.29) is 5.75 Å². The summed E-state index contributed by atoms with van der Waals surface area (Å²) in [5.41, 5.74) is 0.728. The van der Waals surface area contributed by atoms with E-state index in [1.807, 2.05) is 0 Å². The zero-order chi connectivity index (χ0) is 14.4. The number of hydrogen-bond acceptors (Lipinski definition) is 3. The summed E-state index contributed by atoms with van der Waals surface area (Å²) in [4.78, 5) is 0. The van der Waals surface area contributed by atoms with Crippen molar-refractivity contribution in [2.24, 2.45) is 5.92 Å². The van der Waals surface area contributed by atoms with Gasteiger partial charge >= 0.3 is 6.61 Å². The van der Waals surface area contributed by atoms with Crippen molar-refractivity contribution < 1.29 is 18.3 Å². The Bertz CT molecular complexity index is 426. The van der Waals surface area contributed by atoms with Crippen LogP contribution in [-0.2, 0) is 11.3 Å². The zero-order valence-electron chi connectivity index (χ0n) is 11.1. The third kappa shape index (κ3) is 5.00. The maximum atomic E-state index is 12.3. The predicted octanol–water partition coefficient (Wildman–Crippen LogP) is 3.57. The van der Waals surface area contributed by atoms with Crippen molar-refractivity contribution in [3.05, 3.63) is 28.2 Å². The molecule has 0 radical (unpaired) electrons. The van der Waals surface area contributed by atoms with Crippen LogP contribution in [0, 0.1) is 5.92 Å². The van der Waals surface area contributed by atoms with Crippen LogP contribution in [0.4, 0.5) is 8.78 Å². The second-order valence-corrected chi connectivity index (χ2v) is 5.73. The van der Waals surface area contributed by atoms with E-state index in [0.29, 0.717) is 12.5 Å². The molecule has 0 spiro atoms. The first kappa shape index (κ1) is 15.7. The average molecular weight is 350 g/mol. The lowest BCUT2D eigenvalue weighted by Gasteiger charge is -2.22. The minimum atomic E-state index is -2.80. The van der Waals surface area contributed by atoms with E-state index in [1.165, 1.54) is 0 Å². The van der Waals surface area contributed by atoms with Crippen LogP contribution in [-0.4, -0.2) is 26.4 Å². The van der Waals surface area contributed by atoms with Gasteiger partial charge in [-0.1, -0.05) is 15.9 Å². The molecule has 3 nitrogen and oxygen atoms in total. The summed E-state index contributed by atoms with van der Waals surface area (Å²) >= 11 is 3.34.